The molecule has 148 valence electrons. The Morgan fingerprint density at radius 1 is 0.900 bits per heavy atom. The van der Waals surface area contributed by atoms with Crippen LogP contribution in [0.4, 0.5) is 5.69 Å². The van der Waals surface area contributed by atoms with E-state index in [1.54, 1.807) is 30.5 Å². The van der Waals surface area contributed by atoms with Gasteiger partial charge in [-0.25, -0.2) is 5.43 Å². The molecule has 1 aromatic heterocycles. The SMILES string of the molecule is CC(=O)Nc1ccc(C(=O)N/N=C/c2c(-c3ccccc3)[nH]c3ccccc23)cc1. The summed E-state index contributed by atoms with van der Waals surface area (Å²) in [4.78, 5) is 26.9. The molecule has 0 aliphatic rings. The number of hydrogen-bond acceptors (Lipinski definition) is 3. The molecular weight excluding hydrogens is 376 g/mol. The summed E-state index contributed by atoms with van der Waals surface area (Å²) in [7, 11) is 0. The Hall–Kier alpha value is -4.19. The molecule has 30 heavy (non-hydrogen) atoms. The van der Waals surface area contributed by atoms with Gasteiger partial charge in [0.1, 0.15) is 0 Å². The summed E-state index contributed by atoms with van der Waals surface area (Å²) in [5.74, 6) is -0.494. The van der Waals surface area contributed by atoms with Gasteiger partial charge in [-0.2, -0.15) is 5.10 Å². The molecule has 6 nitrogen and oxygen atoms in total. The van der Waals surface area contributed by atoms with Gasteiger partial charge < -0.3 is 10.3 Å². The highest BCUT2D eigenvalue weighted by Gasteiger charge is 2.11. The second-order valence-corrected chi connectivity index (χ2v) is 6.78. The van der Waals surface area contributed by atoms with Crippen molar-refractivity contribution in [2.24, 2.45) is 5.10 Å². The molecular formula is C24H20N4O2. The molecule has 0 radical (unpaired) electrons. The zero-order valence-corrected chi connectivity index (χ0v) is 16.3. The number of aromatic nitrogens is 1. The fourth-order valence-electron chi connectivity index (χ4n) is 3.26. The number of para-hydroxylation sites is 1. The fourth-order valence-corrected chi connectivity index (χ4v) is 3.26. The van der Waals surface area contributed by atoms with E-state index in [9.17, 15) is 9.59 Å². The molecule has 0 saturated heterocycles. The first-order valence-electron chi connectivity index (χ1n) is 9.49. The number of fused-ring (bicyclic) bond motifs is 1. The third-order valence-electron chi connectivity index (χ3n) is 4.64. The number of hydrogen-bond donors (Lipinski definition) is 3. The summed E-state index contributed by atoms with van der Waals surface area (Å²) in [5.41, 5.74) is 7.53. The zero-order chi connectivity index (χ0) is 20.9. The molecule has 1 heterocycles. The van der Waals surface area contributed by atoms with Gasteiger partial charge in [-0.05, 0) is 35.9 Å². The number of carbonyl (C=O) groups is 2. The summed E-state index contributed by atoms with van der Waals surface area (Å²) < 4.78 is 0. The van der Waals surface area contributed by atoms with Gasteiger partial charge in [0.25, 0.3) is 5.91 Å². The van der Waals surface area contributed by atoms with Crippen molar-refractivity contribution in [3.63, 3.8) is 0 Å². The molecule has 4 rings (SSSR count). The van der Waals surface area contributed by atoms with Gasteiger partial charge in [-0.15, -0.1) is 0 Å². The van der Waals surface area contributed by atoms with Crippen LogP contribution in [-0.2, 0) is 4.79 Å². The van der Waals surface area contributed by atoms with E-state index in [1.165, 1.54) is 6.92 Å². The first-order valence-corrected chi connectivity index (χ1v) is 9.49. The van der Waals surface area contributed by atoms with Gasteiger partial charge >= 0.3 is 0 Å². The number of hydrazone groups is 1. The van der Waals surface area contributed by atoms with Crippen LogP contribution in [0.2, 0.25) is 0 Å². The minimum atomic E-state index is -0.332. The first-order chi connectivity index (χ1) is 14.6. The molecule has 6 heteroatoms. The molecule has 0 fully saturated rings. The highest BCUT2D eigenvalue weighted by Crippen LogP contribution is 2.28. The van der Waals surface area contributed by atoms with Crippen LogP contribution < -0.4 is 10.7 Å². The zero-order valence-electron chi connectivity index (χ0n) is 16.3. The summed E-state index contributed by atoms with van der Waals surface area (Å²) in [5, 5.41) is 7.87. The smallest absolute Gasteiger partial charge is 0.271 e. The van der Waals surface area contributed by atoms with Gasteiger partial charge in [0, 0.05) is 34.6 Å². The van der Waals surface area contributed by atoms with E-state index in [-0.39, 0.29) is 11.8 Å². The second kappa shape index (κ2) is 8.45. The van der Waals surface area contributed by atoms with Gasteiger partial charge in [-0.3, -0.25) is 9.59 Å². The van der Waals surface area contributed by atoms with Crippen LogP contribution in [0.25, 0.3) is 22.2 Å². The lowest BCUT2D eigenvalue weighted by molar-refractivity contribution is -0.114. The number of anilines is 1. The quantitative estimate of drug-likeness (QED) is 0.341. The van der Waals surface area contributed by atoms with Crippen LogP contribution in [0, 0.1) is 0 Å². The standard InChI is InChI=1S/C24H20N4O2/c1-16(29)26-19-13-11-18(12-14-19)24(30)28-25-15-21-20-9-5-6-10-22(20)27-23(21)17-7-3-2-4-8-17/h2-15,27H,1H3,(H,26,29)(H,28,30)/b25-15+. The second-order valence-electron chi connectivity index (χ2n) is 6.78. The Labute approximate surface area is 173 Å². The number of benzene rings is 3. The van der Waals surface area contributed by atoms with E-state index < -0.39 is 0 Å². The van der Waals surface area contributed by atoms with Crippen molar-refractivity contribution < 1.29 is 9.59 Å². The number of nitrogens with zero attached hydrogens (tertiary/aromatic N) is 1. The highest BCUT2D eigenvalue weighted by atomic mass is 16.2. The monoisotopic (exact) mass is 396 g/mol. The molecule has 3 aromatic carbocycles. The third-order valence-corrected chi connectivity index (χ3v) is 4.64. The number of aromatic amines is 1. The molecule has 0 bridgehead atoms. The predicted molar refractivity (Wildman–Crippen MR) is 120 cm³/mol. The predicted octanol–water partition coefficient (Wildman–Crippen LogP) is 4.56. The minimum absolute atomic E-state index is 0.162. The molecule has 0 atom stereocenters. The van der Waals surface area contributed by atoms with Crippen molar-refractivity contribution in [1.82, 2.24) is 10.4 Å². The van der Waals surface area contributed by atoms with Crippen molar-refractivity contribution in [2.75, 3.05) is 5.32 Å². The summed E-state index contributed by atoms with van der Waals surface area (Å²) in [6, 6.07) is 24.6. The minimum Gasteiger partial charge on any atom is -0.354 e. The van der Waals surface area contributed by atoms with Crippen LogP contribution in [-0.4, -0.2) is 23.0 Å². The van der Waals surface area contributed by atoms with Crippen LogP contribution in [0.5, 0.6) is 0 Å². The lowest BCUT2D eigenvalue weighted by Crippen LogP contribution is -2.17. The number of rotatable bonds is 5. The molecule has 0 unspecified atom stereocenters. The molecule has 0 aliphatic carbocycles. The Bertz CT molecular complexity index is 1230. The van der Waals surface area contributed by atoms with Crippen molar-refractivity contribution in [3.05, 3.63) is 90.0 Å². The van der Waals surface area contributed by atoms with Crippen molar-refractivity contribution in [3.8, 4) is 11.3 Å². The maximum absolute atomic E-state index is 12.4. The largest absolute Gasteiger partial charge is 0.354 e. The van der Waals surface area contributed by atoms with Crippen molar-refractivity contribution >= 4 is 34.6 Å². The Morgan fingerprint density at radius 3 is 2.33 bits per heavy atom. The maximum Gasteiger partial charge on any atom is 0.271 e. The third kappa shape index (κ3) is 4.12. The lowest BCUT2D eigenvalue weighted by Gasteiger charge is -2.04. The summed E-state index contributed by atoms with van der Waals surface area (Å²) in [6.07, 6.45) is 1.66. The van der Waals surface area contributed by atoms with E-state index in [0.717, 1.165) is 27.7 Å². The van der Waals surface area contributed by atoms with Crippen LogP contribution >= 0.6 is 0 Å². The molecule has 0 aliphatic heterocycles. The molecule has 0 spiro atoms. The average Bonchev–Trinajstić information content (AvgIpc) is 3.13. The van der Waals surface area contributed by atoms with Gasteiger partial charge in [-0.1, -0.05) is 48.5 Å². The normalized spacial score (nSPS) is 11.0. The van der Waals surface area contributed by atoms with E-state index in [0.29, 0.717) is 11.3 Å². The van der Waals surface area contributed by atoms with Crippen molar-refractivity contribution in [2.45, 2.75) is 6.92 Å². The topological polar surface area (TPSA) is 86.3 Å². The van der Waals surface area contributed by atoms with E-state index in [2.05, 4.69) is 20.8 Å². The number of H-pyrrole nitrogens is 1. The van der Waals surface area contributed by atoms with E-state index in [4.69, 9.17) is 0 Å². The van der Waals surface area contributed by atoms with E-state index >= 15 is 0 Å². The van der Waals surface area contributed by atoms with Crippen LogP contribution in [0.3, 0.4) is 0 Å². The van der Waals surface area contributed by atoms with Crippen LogP contribution in [0.15, 0.2) is 84.0 Å². The molecule has 3 N–H and O–H groups in total. The Morgan fingerprint density at radius 2 is 1.60 bits per heavy atom. The summed E-state index contributed by atoms with van der Waals surface area (Å²) in [6.45, 7) is 1.43. The lowest BCUT2D eigenvalue weighted by atomic mass is 10.1. The molecule has 4 aromatic rings. The van der Waals surface area contributed by atoms with Gasteiger partial charge in [0.05, 0.1) is 11.9 Å². The first kappa shape index (κ1) is 19.1. The highest BCUT2D eigenvalue weighted by molar-refractivity contribution is 6.06. The van der Waals surface area contributed by atoms with Crippen molar-refractivity contribution in [1.29, 1.82) is 0 Å². The Kier molecular flexibility index (Phi) is 5.39. The van der Waals surface area contributed by atoms with E-state index in [1.807, 2.05) is 54.6 Å². The van der Waals surface area contributed by atoms with Gasteiger partial charge in [0.15, 0.2) is 0 Å². The molecule has 0 saturated carbocycles. The number of nitrogens with one attached hydrogen (secondary N) is 3. The number of carbonyl (C=O) groups excluding carboxylic acids is 2. The molecule has 2 amide bonds. The maximum atomic E-state index is 12.4. The fraction of sp³-hybridized carbons (Fsp3) is 0.0417. The summed E-state index contributed by atoms with van der Waals surface area (Å²) >= 11 is 0. The van der Waals surface area contributed by atoms with Gasteiger partial charge in [0.2, 0.25) is 5.91 Å². The Balaban J connectivity index is 1.57. The van der Waals surface area contributed by atoms with Crippen LogP contribution in [0.1, 0.15) is 22.8 Å². The average molecular weight is 396 g/mol. The number of amides is 2.